The van der Waals surface area contributed by atoms with Crippen molar-refractivity contribution in [3.63, 3.8) is 0 Å². The summed E-state index contributed by atoms with van der Waals surface area (Å²) in [6.07, 6.45) is 3.11. The Morgan fingerprint density at radius 2 is 1.76 bits per heavy atom. The molecule has 166 valence electrons. The number of carbonyl (C=O) groups is 2. The van der Waals surface area contributed by atoms with Crippen LogP contribution < -0.4 is 10.1 Å². The molecule has 0 fully saturated rings. The zero-order valence-corrected chi connectivity index (χ0v) is 17.4. The van der Waals surface area contributed by atoms with Crippen molar-refractivity contribution in [2.24, 2.45) is 0 Å². The molecule has 0 atom stereocenters. The van der Waals surface area contributed by atoms with Gasteiger partial charge in [0.15, 0.2) is 6.61 Å². The molecule has 0 aliphatic rings. The number of pyridine rings is 1. The van der Waals surface area contributed by atoms with Gasteiger partial charge in [-0.15, -0.1) is 0 Å². The van der Waals surface area contributed by atoms with Crippen molar-refractivity contribution in [1.82, 2.24) is 9.38 Å². The maximum atomic E-state index is 12.1. The maximum absolute atomic E-state index is 12.1. The molecule has 2 aromatic heterocycles. The number of ether oxygens (including phenoxy) is 2. The van der Waals surface area contributed by atoms with Gasteiger partial charge in [0.2, 0.25) is 0 Å². The van der Waals surface area contributed by atoms with E-state index in [0.717, 1.165) is 5.56 Å². The highest BCUT2D eigenvalue weighted by atomic mass is 16.6. The normalized spacial score (nSPS) is 10.6. The van der Waals surface area contributed by atoms with E-state index < -0.39 is 10.9 Å². The summed E-state index contributed by atoms with van der Waals surface area (Å²) in [4.78, 5) is 38.5. The molecule has 0 saturated carbocycles. The molecule has 0 aliphatic carbocycles. The molecular weight excluding hydrogens is 428 g/mol. The number of esters is 1. The SMILES string of the molecule is COC(=O)c1ccc(NC(=O)COc2ccc(-c3cn4cc([N+](=O)[O-])ccc4n3)cc2)cc1. The van der Waals surface area contributed by atoms with Gasteiger partial charge < -0.3 is 14.8 Å². The molecule has 0 saturated heterocycles. The topological polar surface area (TPSA) is 125 Å². The molecule has 0 unspecified atom stereocenters. The molecule has 33 heavy (non-hydrogen) atoms. The molecule has 10 nitrogen and oxygen atoms in total. The van der Waals surface area contributed by atoms with Gasteiger partial charge in [0.05, 0.1) is 29.5 Å². The summed E-state index contributed by atoms with van der Waals surface area (Å²) in [5, 5.41) is 13.6. The number of fused-ring (bicyclic) bond motifs is 1. The van der Waals surface area contributed by atoms with Crippen molar-refractivity contribution in [3.8, 4) is 17.0 Å². The number of methoxy groups -OCH3 is 1. The van der Waals surface area contributed by atoms with Crippen LogP contribution in [0.25, 0.3) is 16.9 Å². The first-order valence-corrected chi connectivity index (χ1v) is 9.77. The molecule has 0 bridgehead atoms. The number of nitrogens with zero attached hydrogens (tertiary/aromatic N) is 3. The van der Waals surface area contributed by atoms with E-state index >= 15 is 0 Å². The minimum Gasteiger partial charge on any atom is -0.484 e. The lowest BCUT2D eigenvalue weighted by atomic mass is 10.2. The lowest BCUT2D eigenvalue weighted by Gasteiger charge is -2.08. The molecule has 4 rings (SSSR count). The van der Waals surface area contributed by atoms with Crippen molar-refractivity contribution in [2.75, 3.05) is 19.0 Å². The smallest absolute Gasteiger partial charge is 0.337 e. The number of benzene rings is 2. The van der Waals surface area contributed by atoms with Crippen LogP contribution in [0.2, 0.25) is 0 Å². The van der Waals surface area contributed by atoms with Gasteiger partial charge in [-0.2, -0.15) is 0 Å². The number of carbonyl (C=O) groups excluding carboxylic acids is 2. The number of hydrogen-bond donors (Lipinski definition) is 1. The van der Waals surface area contributed by atoms with E-state index in [4.69, 9.17) is 4.74 Å². The van der Waals surface area contributed by atoms with Gasteiger partial charge >= 0.3 is 5.97 Å². The third kappa shape index (κ3) is 4.96. The van der Waals surface area contributed by atoms with Crippen LogP contribution in [0.3, 0.4) is 0 Å². The van der Waals surface area contributed by atoms with E-state index in [1.807, 2.05) is 0 Å². The molecule has 2 aromatic carbocycles. The fraction of sp³-hybridized carbons (Fsp3) is 0.0870. The zero-order chi connectivity index (χ0) is 23.4. The minimum absolute atomic E-state index is 0.0205. The number of amides is 1. The summed E-state index contributed by atoms with van der Waals surface area (Å²) >= 11 is 0. The number of nitrogens with one attached hydrogen (secondary N) is 1. The van der Waals surface area contributed by atoms with Crippen LogP contribution in [0, 0.1) is 10.1 Å². The van der Waals surface area contributed by atoms with Crippen molar-refractivity contribution >= 4 is 28.9 Å². The molecule has 4 aromatic rings. The summed E-state index contributed by atoms with van der Waals surface area (Å²) in [5.74, 6) is -0.314. The molecule has 2 heterocycles. The fourth-order valence-electron chi connectivity index (χ4n) is 3.10. The van der Waals surface area contributed by atoms with Gasteiger partial charge in [-0.3, -0.25) is 19.3 Å². The predicted octanol–water partition coefficient (Wildman–Crippen LogP) is 3.71. The van der Waals surface area contributed by atoms with E-state index in [9.17, 15) is 19.7 Å². The Morgan fingerprint density at radius 3 is 2.42 bits per heavy atom. The van der Waals surface area contributed by atoms with Crippen molar-refractivity contribution < 1.29 is 24.0 Å². The quantitative estimate of drug-likeness (QED) is 0.261. The second-order valence-corrected chi connectivity index (χ2v) is 6.97. The Morgan fingerprint density at radius 1 is 1.03 bits per heavy atom. The Hall–Kier alpha value is -4.73. The van der Waals surface area contributed by atoms with Crippen molar-refractivity contribution in [1.29, 1.82) is 0 Å². The Kier molecular flexibility index (Phi) is 5.98. The van der Waals surface area contributed by atoms with E-state index in [1.54, 1.807) is 65.2 Å². The van der Waals surface area contributed by atoms with Gasteiger partial charge in [0.25, 0.3) is 11.6 Å². The van der Waals surface area contributed by atoms with Crippen LogP contribution in [-0.2, 0) is 9.53 Å². The highest BCUT2D eigenvalue weighted by molar-refractivity contribution is 5.93. The number of anilines is 1. The van der Waals surface area contributed by atoms with Crippen LogP contribution in [0.5, 0.6) is 5.75 Å². The summed E-state index contributed by atoms with van der Waals surface area (Å²) in [7, 11) is 1.30. The summed E-state index contributed by atoms with van der Waals surface area (Å²) in [6, 6.07) is 16.3. The Labute approximate surface area is 187 Å². The summed E-state index contributed by atoms with van der Waals surface area (Å²) in [5.41, 5.74) is 2.92. The molecule has 10 heteroatoms. The second kappa shape index (κ2) is 9.18. The second-order valence-electron chi connectivity index (χ2n) is 6.97. The van der Waals surface area contributed by atoms with Crippen LogP contribution in [0.15, 0.2) is 73.1 Å². The number of hydrogen-bond acceptors (Lipinski definition) is 7. The predicted molar refractivity (Wildman–Crippen MR) is 119 cm³/mol. The zero-order valence-electron chi connectivity index (χ0n) is 17.4. The fourth-order valence-corrected chi connectivity index (χ4v) is 3.10. The van der Waals surface area contributed by atoms with E-state index in [1.165, 1.54) is 19.4 Å². The van der Waals surface area contributed by atoms with Crippen LogP contribution in [0.1, 0.15) is 10.4 Å². The van der Waals surface area contributed by atoms with Crippen LogP contribution >= 0.6 is 0 Å². The first kappa shape index (κ1) is 21.5. The minimum atomic E-state index is -0.460. The number of rotatable bonds is 7. The molecule has 0 spiro atoms. The van der Waals surface area contributed by atoms with Gasteiger partial charge in [0, 0.05) is 23.5 Å². The number of imidazole rings is 1. The van der Waals surface area contributed by atoms with Gasteiger partial charge in [-0.05, 0) is 54.6 Å². The lowest BCUT2D eigenvalue weighted by molar-refractivity contribution is -0.385. The first-order chi connectivity index (χ1) is 15.9. The standard InChI is InChI=1S/C23H18N4O6/c1-32-23(29)16-2-6-17(7-3-16)24-22(28)14-33-19-9-4-15(5-10-19)20-13-26-12-18(27(30)31)8-11-21(26)25-20/h2-13H,14H2,1H3,(H,24,28). The molecule has 0 radical (unpaired) electrons. The van der Waals surface area contributed by atoms with Crippen LogP contribution in [0.4, 0.5) is 11.4 Å². The van der Waals surface area contributed by atoms with Crippen molar-refractivity contribution in [3.05, 3.63) is 88.7 Å². The maximum Gasteiger partial charge on any atom is 0.337 e. The Balaban J connectivity index is 1.36. The summed E-state index contributed by atoms with van der Waals surface area (Å²) < 4.78 is 11.8. The largest absolute Gasteiger partial charge is 0.484 e. The molecular formula is C23H18N4O6. The highest BCUT2D eigenvalue weighted by Crippen LogP contribution is 2.23. The Bertz CT molecular complexity index is 1330. The van der Waals surface area contributed by atoms with Gasteiger partial charge in [-0.25, -0.2) is 9.78 Å². The van der Waals surface area contributed by atoms with E-state index in [-0.39, 0.29) is 18.2 Å². The van der Waals surface area contributed by atoms with E-state index in [0.29, 0.717) is 28.3 Å². The molecule has 0 aliphatic heterocycles. The van der Waals surface area contributed by atoms with Crippen LogP contribution in [-0.4, -0.2) is 39.9 Å². The average Bonchev–Trinajstić information content (AvgIpc) is 3.26. The monoisotopic (exact) mass is 446 g/mol. The highest BCUT2D eigenvalue weighted by Gasteiger charge is 2.11. The number of aromatic nitrogens is 2. The van der Waals surface area contributed by atoms with Crippen molar-refractivity contribution in [2.45, 2.75) is 0 Å². The number of nitro groups is 1. The first-order valence-electron chi connectivity index (χ1n) is 9.77. The average molecular weight is 446 g/mol. The molecule has 1 amide bonds. The summed E-state index contributed by atoms with van der Waals surface area (Å²) in [6.45, 7) is -0.198. The van der Waals surface area contributed by atoms with E-state index in [2.05, 4.69) is 15.0 Å². The third-order valence-electron chi connectivity index (χ3n) is 4.76. The van der Waals surface area contributed by atoms with Gasteiger partial charge in [0.1, 0.15) is 11.4 Å². The molecule has 1 N–H and O–H groups in total. The lowest BCUT2D eigenvalue weighted by Crippen LogP contribution is -2.20. The third-order valence-corrected chi connectivity index (χ3v) is 4.76. The van der Waals surface area contributed by atoms with Gasteiger partial charge in [-0.1, -0.05) is 0 Å².